The van der Waals surface area contributed by atoms with Gasteiger partial charge in [0.25, 0.3) is 5.91 Å². The first-order chi connectivity index (χ1) is 15.2. The number of amides is 1. The fourth-order valence-electron chi connectivity index (χ4n) is 3.41. The predicted octanol–water partition coefficient (Wildman–Crippen LogP) is 4.70. The number of carbonyl (C=O) groups is 2. The standard InChI is InChI=1S/C26H24N2O3/c27-17-10-18-28(23-15-8-3-9-16-23)25(29)20-31-26(30)19-24(21-11-4-1-5-12-21)22-13-6-2-7-14-22/h1-9,11-16,24H,10,18-20H2. The summed E-state index contributed by atoms with van der Waals surface area (Å²) in [5.74, 6) is -0.959. The molecule has 0 atom stereocenters. The number of hydrogen-bond donors (Lipinski definition) is 0. The molecular weight excluding hydrogens is 388 g/mol. The van der Waals surface area contributed by atoms with Crippen LogP contribution in [0.15, 0.2) is 91.0 Å². The van der Waals surface area contributed by atoms with E-state index in [9.17, 15) is 9.59 Å². The van der Waals surface area contributed by atoms with E-state index in [0.717, 1.165) is 11.1 Å². The molecule has 0 N–H and O–H groups in total. The Balaban J connectivity index is 1.67. The highest BCUT2D eigenvalue weighted by Gasteiger charge is 2.21. The quantitative estimate of drug-likeness (QED) is 0.478. The van der Waals surface area contributed by atoms with E-state index in [0.29, 0.717) is 5.69 Å². The summed E-state index contributed by atoms with van der Waals surface area (Å²) in [7, 11) is 0. The molecule has 3 rings (SSSR count). The van der Waals surface area contributed by atoms with Gasteiger partial charge in [0.2, 0.25) is 0 Å². The largest absolute Gasteiger partial charge is 0.456 e. The van der Waals surface area contributed by atoms with Crippen molar-refractivity contribution in [3.05, 3.63) is 102 Å². The maximum atomic E-state index is 12.7. The van der Waals surface area contributed by atoms with Crippen molar-refractivity contribution in [1.82, 2.24) is 0 Å². The highest BCUT2D eigenvalue weighted by atomic mass is 16.5. The second-order valence-electron chi connectivity index (χ2n) is 7.03. The number of benzene rings is 3. The third-order valence-electron chi connectivity index (χ3n) is 4.95. The van der Waals surface area contributed by atoms with Crippen LogP contribution in [0.25, 0.3) is 0 Å². The molecule has 0 fully saturated rings. The van der Waals surface area contributed by atoms with Crippen LogP contribution in [-0.2, 0) is 14.3 Å². The van der Waals surface area contributed by atoms with Gasteiger partial charge in [-0.15, -0.1) is 0 Å². The molecule has 156 valence electrons. The summed E-state index contributed by atoms with van der Waals surface area (Å²) in [6.45, 7) is -0.122. The zero-order valence-electron chi connectivity index (χ0n) is 17.2. The summed E-state index contributed by atoms with van der Waals surface area (Å²) in [6.07, 6.45) is 0.323. The molecule has 3 aromatic carbocycles. The van der Waals surface area contributed by atoms with Gasteiger partial charge in [-0.05, 0) is 23.3 Å². The van der Waals surface area contributed by atoms with Crippen molar-refractivity contribution in [2.45, 2.75) is 18.8 Å². The Morgan fingerprint density at radius 3 is 1.87 bits per heavy atom. The second-order valence-corrected chi connectivity index (χ2v) is 7.03. The first kappa shape index (κ1) is 21.8. The summed E-state index contributed by atoms with van der Waals surface area (Å²) < 4.78 is 5.35. The topological polar surface area (TPSA) is 70.4 Å². The highest BCUT2D eigenvalue weighted by molar-refractivity contribution is 5.95. The molecular formula is C26H24N2O3. The number of carbonyl (C=O) groups excluding carboxylic acids is 2. The van der Waals surface area contributed by atoms with Crippen molar-refractivity contribution in [3.8, 4) is 6.07 Å². The first-order valence-corrected chi connectivity index (χ1v) is 10.2. The van der Waals surface area contributed by atoms with Gasteiger partial charge in [-0.25, -0.2) is 0 Å². The molecule has 0 unspecified atom stereocenters. The number of nitriles is 1. The van der Waals surface area contributed by atoms with E-state index < -0.39 is 5.97 Å². The van der Waals surface area contributed by atoms with E-state index in [4.69, 9.17) is 10.00 Å². The Kier molecular flexibility index (Phi) is 7.96. The van der Waals surface area contributed by atoms with Gasteiger partial charge in [0, 0.05) is 18.2 Å². The summed E-state index contributed by atoms with van der Waals surface area (Å²) in [6, 6.07) is 30.7. The molecule has 0 radical (unpaired) electrons. The van der Waals surface area contributed by atoms with Crippen molar-refractivity contribution < 1.29 is 14.3 Å². The molecule has 0 saturated heterocycles. The number of anilines is 1. The lowest BCUT2D eigenvalue weighted by Crippen LogP contribution is -2.35. The maximum Gasteiger partial charge on any atom is 0.307 e. The number of ether oxygens (including phenoxy) is 1. The van der Waals surface area contributed by atoms with Crippen LogP contribution in [0.4, 0.5) is 5.69 Å². The van der Waals surface area contributed by atoms with Crippen LogP contribution < -0.4 is 4.90 Å². The average Bonchev–Trinajstić information content (AvgIpc) is 2.83. The Morgan fingerprint density at radius 1 is 0.839 bits per heavy atom. The third kappa shape index (κ3) is 6.28. The predicted molar refractivity (Wildman–Crippen MR) is 119 cm³/mol. The van der Waals surface area contributed by atoms with Gasteiger partial charge in [0.15, 0.2) is 6.61 Å². The minimum Gasteiger partial charge on any atom is -0.456 e. The molecule has 31 heavy (non-hydrogen) atoms. The monoisotopic (exact) mass is 412 g/mol. The number of nitrogens with zero attached hydrogens (tertiary/aromatic N) is 2. The Hall–Kier alpha value is -3.91. The van der Waals surface area contributed by atoms with Crippen molar-refractivity contribution in [2.75, 3.05) is 18.1 Å². The van der Waals surface area contributed by atoms with Crippen LogP contribution in [-0.4, -0.2) is 25.0 Å². The fraction of sp³-hybridized carbons (Fsp3) is 0.192. The van der Waals surface area contributed by atoms with Gasteiger partial charge in [-0.3, -0.25) is 9.59 Å². The van der Waals surface area contributed by atoms with Crippen molar-refractivity contribution >= 4 is 17.6 Å². The van der Waals surface area contributed by atoms with Crippen LogP contribution in [0.5, 0.6) is 0 Å². The van der Waals surface area contributed by atoms with E-state index >= 15 is 0 Å². The van der Waals surface area contributed by atoms with E-state index in [1.807, 2.05) is 84.9 Å². The van der Waals surface area contributed by atoms with Crippen LogP contribution in [0.3, 0.4) is 0 Å². The van der Waals surface area contributed by atoms with Crippen molar-refractivity contribution in [3.63, 3.8) is 0 Å². The van der Waals surface area contributed by atoms with Gasteiger partial charge in [-0.2, -0.15) is 5.26 Å². The lowest BCUT2D eigenvalue weighted by atomic mass is 9.89. The van der Waals surface area contributed by atoms with Crippen molar-refractivity contribution in [1.29, 1.82) is 5.26 Å². The highest BCUT2D eigenvalue weighted by Crippen LogP contribution is 2.28. The Morgan fingerprint density at radius 2 is 1.35 bits per heavy atom. The average molecular weight is 412 g/mol. The van der Waals surface area contributed by atoms with Crippen LogP contribution >= 0.6 is 0 Å². The lowest BCUT2D eigenvalue weighted by molar-refractivity contribution is -0.148. The molecule has 0 bridgehead atoms. The third-order valence-corrected chi connectivity index (χ3v) is 4.95. The molecule has 0 aliphatic heterocycles. The van der Waals surface area contributed by atoms with E-state index in [2.05, 4.69) is 0 Å². The lowest BCUT2D eigenvalue weighted by Gasteiger charge is -2.22. The molecule has 0 saturated carbocycles. The molecule has 3 aromatic rings. The normalized spacial score (nSPS) is 10.3. The first-order valence-electron chi connectivity index (χ1n) is 10.2. The molecule has 0 spiro atoms. The van der Waals surface area contributed by atoms with Gasteiger partial charge in [-0.1, -0.05) is 78.9 Å². The molecule has 0 aliphatic carbocycles. The van der Waals surface area contributed by atoms with Crippen LogP contribution in [0, 0.1) is 11.3 Å². The van der Waals surface area contributed by atoms with Gasteiger partial charge < -0.3 is 9.64 Å². The maximum absolute atomic E-state index is 12.7. The Bertz CT molecular complexity index is 975. The van der Waals surface area contributed by atoms with Gasteiger partial charge in [0.05, 0.1) is 18.9 Å². The van der Waals surface area contributed by atoms with Gasteiger partial charge >= 0.3 is 5.97 Å². The van der Waals surface area contributed by atoms with Crippen LogP contribution in [0.2, 0.25) is 0 Å². The number of hydrogen-bond acceptors (Lipinski definition) is 4. The second kappa shape index (κ2) is 11.3. The SMILES string of the molecule is N#CCCN(C(=O)COC(=O)CC(c1ccccc1)c1ccccc1)c1ccccc1. The minimum atomic E-state index is -0.445. The number of esters is 1. The Labute approximate surface area is 182 Å². The molecule has 0 aromatic heterocycles. The summed E-state index contributed by atoms with van der Waals surface area (Å²) in [4.78, 5) is 26.8. The summed E-state index contributed by atoms with van der Waals surface area (Å²) >= 11 is 0. The fourth-order valence-corrected chi connectivity index (χ4v) is 3.41. The molecule has 5 heteroatoms. The molecule has 1 amide bonds. The molecule has 5 nitrogen and oxygen atoms in total. The zero-order valence-corrected chi connectivity index (χ0v) is 17.2. The molecule has 0 aliphatic rings. The molecule has 0 heterocycles. The zero-order chi connectivity index (χ0) is 21.9. The van der Waals surface area contributed by atoms with E-state index in [1.54, 1.807) is 12.1 Å². The summed E-state index contributed by atoms with van der Waals surface area (Å²) in [5, 5.41) is 8.90. The minimum absolute atomic E-state index is 0.130. The summed E-state index contributed by atoms with van der Waals surface area (Å²) in [5.41, 5.74) is 2.69. The number of rotatable bonds is 9. The van der Waals surface area contributed by atoms with E-state index in [1.165, 1.54) is 4.90 Å². The van der Waals surface area contributed by atoms with E-state index in [-0.39, 0.29) is 37.8 Å². The smallest absolute Gasteiger partial charge is 0.307 e. The number of para-hydroxylation sites is 1. The van der Waals surface area contributed by atoms with Crippen LogP contribution in [0.1, 0.15) is 29.9 Å². The van der Waals surface area contributed by atoms with Gasteiger partial charge in [0.1, 0.15) is 0 Å². The van der Waals surface area contributed by atoms with Crippen molar-refractivity contribution in [2.24, 2.45) is 0 Å².